The third-order valence-electron chi connectivity index (χ3n) is 2.37. The molecule has 1 atom stereocenters. The third-order valence-corrected chi connectivity index (χ3v) is 2.37. The van der Waals surface area contributed by atoms with Crippen molar-refractivity contribution < 1.29 is 14.6 Å². The number of carbonyl (C=O) groups excluding carboxylic acids is 1. The lowest BCUT2D eigenvalue weighted by atomic mass is 9.89. The minimum atomic E-state index is -1.46. The normalized spacial score (nSPS) is 12.6. The van der Waals surface area contributed by atoms with Crippen LogP contribution in [0.25, 0.3) is 0 Å². The zero-order valence-corrected chi connectivity index (χ0v) is 11.1. The number of rotatable bonds is 6. The minimum Gasteiger partial charge on any atom is -0.434 e. The second-order valence-corrected chi connectivity index (χ2v) is 5.39. The monoisotopic (exact) mass is 252 g/mol. The molecule has 0 radical (unpaired) electrons. The molecule has 1 unspecified atom stereocenters. The number of hydrogen-bond donors (Lipinski definition) is 1. The van der Waals surface area contributed by atoms with Crippen molar-refractivity contribution in [3.63, 3.8) is 0 Å². The van der Waals surface area contributed by atoms with Crippen molar-refractivity contribution in [2.45, 2.75) is 52.7 Å². The first-order valence-electron chi connectivity index (χ1n) is 5.98. The summed E-state index contributed by atoms with van der Waals surface area (Å²) in [6, 6.07) is 2.99. The highest BCUT2D eigenvalue weighted by molar-refractivity contribution is 5.78. The smallest absolute Gasteiger partial charge is 0.340 e. The largest absolute Gasteiger partial charge is 0.434 e. The van der Waals surface area contributed by atoms with Crippen LogP contribution in [0.3, 0.4) is 0 Å². The summed E-state index contributed by atoms with van der Waals surface area (Å²) in [4.78, 5) is 11.2. The van der Waals surface area contributed by atoms with E-state index >= 15 is 0 Å². The first kappa shape index (κ1) is 16.4. The summed E-state index contributed by atoms with van der Waals surface area (Å²) in [6.07, 6.45) is 1.77. The van der Waals surface area contributed by atoms with E-state index in [1.54, 1.807) is 0 Å². The van der Waals surface area contributed by atoms with Crippen LogP contribution in [0.4, 0.5) is 0 Å². The average molecular weight is 252 g/mol. The summed E-state index contributed by atoms with van der Waals surface area (Å²) < 4.78 is 4.60. The molecule has 0 bridgehead atoms. The number of aliphatic hydroxyl groups excluding tert-OH is 1. The molecule has 0 aliphatic rings. The molecule has 5 heteroatoms. The van der Waals surface area contributed by atoms with Crippen LogP contribution in [-0.4, -0.2) is 17.4 Å². The van der Waals surface area contributed by atoms with Gasteiger partial charge in [-0.2, -0.15) is 10.5 Å². The van der Waals surface area contributed by atoms with Gasteiger partial charge in [0.1, 0.15) is 0 Å². The van der Waals surface area contributed by atoms with Gasteiger partial charge in [-0.25, -0.2) is 4.79 Å². The van der Waals surface area contributed by atoms with E-state index in [9.17, 15) is 9.90 Å². The number of carbonyl (C=O) groups is 1. The molecule has 0 fully saturated rings. The van der Waals surface area contributed by atoms with Gasteiger partial charge in [0, 0.05) is 6.42 Å². The van der Waals surface area contributed by atoms with E-state index in [0.717, 1.165) is 19.3 Å². The van der Waals surface area contributed by atoms with Gasteiger partial charge < -0.3 is 9.84 Å². The summed E-state index contributed by atoms with van der Waals surface area (Å²) >= 11 is 0. The summed E-state index contributed by atoms with van der Waals surface area (Å²) in [5, 5.41) is 26.3. The van der Waals surface area contributed by atoms with Crippen molar-refractivity contribution in [2.24, 2.45) is 11.3 Å². The summed E-state index contributed by atoms with van der Waals surface area (Å²) in [7, 11) is 0. The second kappa shape index (κ2) is 7.68. The summed E-state index contributed by atoms with van der Waals surface area (Å²) in [6.45, 7) is 6.40. The number of ether oxygens (including phenoxy) is 1. The molecule has 0 aliphatic carbocycles. The molecule has 0 heterocycles. The van der Waals surface area contributed by atoms with Crippen LogP contribution in [-0.2, 0) is 9.53 Å². The standard InChI is InChI=1S/C13H20N2O3/c1-13(2,3)7-5-4-6-11(16)18-12(17)10(8-14)9-15/h10-11,16H,4-7H2,1-3H3. The lowest BCUT2D eigenvalue weighted by molar-refractivity contribution is -0.170. The Labute approximate surface area is 108 Å². The van der Waals surface area contributed by atoms with E-state index in [1.807, 2.05) is 0 Å². The van der Waals surface area contributed by atoms with Crippen molar-refractivity contribution in [3.05, 3.63) is 0 Å². The fraction of sp³-hybridized carbons (Fsp3) is 0.769. The van der Waals surface area contributed by atoms with E-state index in [2.05, 4.69) is 25.5 Å². The van der Waals surface area contributed by atoms with E-state index in [1.165, 1.54) is 12.1 Å². The highest BCUT2D eigenvalue weighted by Crippen LogP contribution is 2.22. The first-order valence-corrected chi connectivity index (χ1v) is 5.98. The zero-order valence-electron chi connectivity index (χ0n) is 11.1. The maximum Gasteiger partial charge on any atom is 0.340 e. The van der Waals surface area contributed by atoms with Crippen molar-refractivity contribution in [1.29, 1.82) is 10.5 Å². The van der Waals surface area contributed by atoms with E-state index in [4.69, 9.17) is 10.5 Å². The first-order chi connectivity index (χ1) is 8.30. The minimum absolute atomic E-state index is 0.244. The molecule has 0 saturated heterocycles. The molecule has 0 aromatic rings. The molecule has 0 aromatic heterocycles. The Morgan fingerprint density at radius 3 is 2.28 bits per heavy atom. The predicted octanol–water partition coefficient (Wildman–Crippen LogP) is 2.12. The molecule has 0 saturated carbocycles. The van der Waals surface area contributed by atoms with E-state index < -0.39 is 18.2 Å². The fourth-order valence-electron chi connectivity index (χ4n) is 1.37. The molecule has 18 heavy (non-hydrogen) atoms. The Morgan fingerprint density at radius 2 is 1.83 bits per heavy atom. The van der Waals surface area contributed by atoms with Gasteiger partial charge in [0.05, 0.1) is 12.1 Å². The summed E-state index contributed by atoms with van der Waals surface area (Å²) in [5.41, 5.74) is 0.244. The second-order valence-electron chi connectivity index (χ2n) is 5.39. The van der Waals surface area contributed by atoms with Gasteiger partial charge in [0.2, 0.25) is 12.2 Å². The highest BCUT2D eigenvalue weighted by atomic mass is 16.6. The van der Waals surface area contributed by atoms with E-state index in [0.29, 0.717) is 6.42 Å². The Kier molecular flexibility index (Phi) is 7.00. The quantitative estimate of drug-likeness (QED) is 0.444. The molecule has 0 aliphatic heterocycles. The van der Waals surface area contributed by atoms with Gasteiger partial charge in [-0.05, 0) is 18.3 Å². The Morgan fingerprint density at radius 1 is 1.28 bits per heavy atom. The van der Waals surface area contributed by atoms with Crippen molar-refractivity contribution in [1.82, 2.24) is 0 Å². The molecule has 0 aromatic carbocycles. The van der Waals surface area contributed by atoms with Crippen molar-refractivity contribution in [3.8, 4) is 12.1 Å². The van der Waals surface area contributed by atoms with Gasteiger partial charge in [0.15, 0.2) is 0 Å². The number of unbranched alkanes of at least 4 members (excludes halogenated alkanes) is 1. The molecule has 100 valence electrons. The molecule has 5 nitrogen and oxygen atoms in total. The van der Waals surface area contributed by atoms with Gasteiger partial charge in [-0.3, -0.25) is 0 Å². The van der Waals surface area contributed by atoms with Crippen LogP contribution >= 0.6 is 0 Å². The number of nitriles is 2. The predicted molar refractivity (Wildman–Crippen MR) is 64.7 cm³/mol. The van der Waals surface area contributed by atoms with Crippen LogP contribution < -0.4 is 0 Å². The molecule has 0 rings (SSSR count). The van der Waals surface area contributed by atoms with Crippen molar-refractivity contribution >= 4 is 5.97 Å². The van der Waals surface area contributed by atoms with Crippen LogP contribution in [0.1, 0.15) is 46.5 Å². The number of esters is 1. The zero-order chi connectivity index (χ0) is 14.2. The molecular weight excluding hydrogens is 232 g/mol. The fourth-order valence-corrected chi connectivity index (χ4v) is 1.37. The number of hydrogen-bond acceptors (Lipinski definition) is 5. The molecule has 0 amide bonds. The average Bonchev–Trinajstić information content (AvgIpc) is 2.25. The van der Waals surface area contributed by atoms with Gasteiger partial charge >= 0.3 is 5.97 Å². The Hall–Kier alpha value is -1.59. The lowest BCUT2D eigenvalue weighted by Gasteiger charge is -2.18. The number of aliphatic hydroxyl groups is 1. The van der Waals surface area contributed by atoms with Gasteiger partial charge in [-0.1, -0.05) is 27.2 Å². The lowest BCUT2D eigenvalue weighted by Crippen LogP contribution is -2.22. The Bertz CT molecular complexity index is 333. The summed E-state index contributed by atoms with van der Waals surface area (Å²) in [5.74, 6) is -2.45. The van der Waals surface area contributed by atoms with Crippen LogP contribution in [0.5, 0.6) is 0 Å². The topological polar surface area (TPSA) is 94.1 Å². The highest BCUT2D eigenvalue weighted by Gasteiger charge is 2.21. The van der Waals surface area contributed by atoms with E-state index in [-0.39, 0.29) is 5.41 Å². The third kappa shape index (κ3) is 7.65. The molecular formula is C13H20N2O3. The maximum atomic E-state index is 11.2. The molecule has 1 N–H and O–H groups in total. The Balaban J connectivity index is 3.86. The SMILES string of the molecule is CC(C)(C)CCCCC(O)OC(=O)C(C#N)C#N. The van der Waals surface area contributed by atoms with Crippen LogP contribution in [0.15, 0.2) is 0 Å². The van der Waals surface area contributed by atoms with Crippen molar-refractivity contribution in [2.75, 3.05) is 0 Å². The van der Waals surface area contributed by atoms with Gasteiger partial charge in [-0.15, -0.1) is 0 Å². The molecule has 0 spiro atoms. The van der Waals surface area contributed by atoms with Crippen LogP contribution in [0, 0.1) is 34.0 Å². The number of nitrogens with zero attached hydrogens (tertiary/aromatic N) is 2. The van der Waals surface area contributed by atoms with Crippen LogP contribution in [0.2, 0.25) is 0 Å². The maximum absolute atomic E-state index is 11.2. The van der Waals surface area contributed by atoms with Gasteiger partial charge in [0.25, 0.3) is 0 Å².